The van der Waals surface area contributed by atoms with Gasteiger partial charge in [0, 0.05) is 0 Å². The lowest BCUT2D eigenvalue weighted by atomic mass is 10.1. The van der Waals surface area contributed by atoms with Crippen LogP contribution < -0.4 is 16.8 Å². The molecule has 3 nitrogen and oxygen atoms in total. The Bertz CT molecular complexity index is 127. The Labute approximate surface area is 144 Å². The average molecular weight is 353 g/mol. The van der Waals surface area contributed by atoms with Crippen LogP contribution in [0.4, 0.5) is 0 Å². The number of hydrogen-bond acceptors (Lipinski definition) is 3. The molecule has 0 radical (unpaired) electrons. The molecule has 0 spiro atoms. The molecule has 0 heterocycles. The van der Waals surface area contributed by atoms with Gasteiger partial charge in [-0.3, -0.25) is 0 Å². The van der Waals surface area contributed by atoms with Gasteiger partial charge in [-0.15, -0.1) is 37.2 Å². The molecule has 20 heavy (non-hydrogen) atoms. The fraction of sp³-hybridized carbons (Fsp3) is 1.00. The lowest BCUT2D eigenvalue weighted by Crippen LogP contribution is -2.16. The van der Waals surface area contributed by atoms with Crippen LogP contribution in [0.15, 0.2) is 0 Å². The van der Waals surface area contributed by atoms with Gasteiger partial charge in [0.2, 0.25) is 0 Å². The van der Waals surface area contributed by atoms with E-state index in [1.54, 1.807) is 0 Å². The first kappa shape index (κ1) is 28.8. The van der Waals surface area contributed by atoms with Gasteiger partial charge >= 0.3 is 0 Å². The van der Waals surface area contributed by atoms with E-state index in [-0.39, 0.29) is 37.2 Å². The van der Waals surface area contributed by atoms with E-state index in [0.717, 1.165) is 13.1 Å². The van der Waals surface area contributed by atoms with E-state index < -0.39 is 0 Å². The fourth-order valence-corrected chi connectivity index (χ4v) is 1.97. The number of unbranched alkanes of at least 4 members (excludes halogenated alkanes) is 8. The lowest BCUT2D eigenvalue weighted by Gasteiger charge is -2.04. The lowest BCUT2D eigenvalue weighted by molar-refractivity contribution is 0.547. The van der Waals surface area contributed by atoms with Crippen LogP contribution in [0.1, 0.15) is 64.2 Å². The summed E-state index contributed by atoms with van der Waals surface area (Å²) in [4.78, 5) is 0. The van der Waals surface area contributed by atoms with Gasteiger partial charge in [-0.05, 0) is 51.9 Å². The van der Waals surface area contributed by atoms with Crippen molar-refractivity contribution < 1.29 is 0 Å². The second-order valence-corrected chi connectivity index (χ2v) is 4.86. The first-order valence-electron chi connectivity index (χ1n) is 7.52. The predicted octanol–water partition coefficient (Wildman–Crippen LogP) is 3.66. The van der Waals surface area contributed by atoms with E-state index in [1.165, 1.54) is 77.3 Å². The van der Waals surface area contributed by atoms with E-state index in [9.17, 15) is 0 Å². The Hall–Kier alpha value is 0.750. The zero-order valence-electron chi connectivity index (χ0n) is 12.8. The Morgan fingerprint density at radius 2 is 0.750 bits per heavy atom. The van der Waals surface area contributed by atoms with E-state index in [2.05, 4.69) is 5.32 Å². The maximum atomic E-state index is 5.45. The molecule has 0 bridgehead atoms. The van der Waals surface area contributed by atoms with E-state index in [4.69, 9.17) is 11.5 Å². The summed E-state index contributed by atoms with van der Waals surface area (Å²) in [6.07, 6.45) is 13.0. The maximum absolute atomic E-state index is 5.45. The maximum Gasteiger partial charge on any atom is -0.00489 e. The Morgan fingerprint density at radius 3 is 1.10 bits per heavy atom. The third-order valence-corrected chi connectivity index (χ3v) is 3.12. The summed E-state index contributed by atoms with van der Waals surface area (Å²) in [5.41, 5.74) is 10.9. The quantitative estimate of drug-likeness (QED) is 0.418. The van der Waals surface area contributed by atoms with Crippen molar-refractivity contribution in [3.05, 3.63) is 0 Å². The second-order valence-electron chi connectivity index (χ2n) is 4.86. The highest BCUT2D eigenvalue weighted by atomic mass is 35.5. The molecule has 5 N–H and O–H groups in total. The number of rotatable bonds is 14. The molecular formula is C14H36Cl3N3. The van der Waals surface area contributed by atoms with Crippen molar-refractivity contribution in [2.75, 3.05) is 26.2 Å². The van der Waals surface area contributed by atoms with Crippen LogP contribution in [0, 0.1) is 0 Å². The number of nitrogens with one attached hydrogen (secondary N) is 1. The van der Waals surface area contributed by atoms with Crippen LogP contribution in [0.25, 0.3) is 0 Å². The molecule has 0 atom stereocenters. The zero-order valence-corrected chi connectivity index (χ0v) is 15.2. The smallest absolute Gasteiger partial charge is 0.00489 e. The summed E-state index contributed by atoms with van der Waals surface area (Å²) in [5.74, 6) is 0. The average Bonchev–Trinajstić information content (AvgIpc) is 2.35. The van der Waals surface area contributed by atoms with Gasteiger partial charge in [0.15, 0.2) is 0 Å². The summed E-state index contributed by atoms with van der Waals surface area (Å²) in [7, 11) is 0. The first-order chi connectivity index (χ1) is 8.41. The molecule has 0 amide bonds. The molecule has 0 saturated heterocycles. The molecule has 0 aliphatic heterocycles. The molecule has 0 aliphatic carbocycles. The summed E-state index contributed by atoms with van der Waals surface area (Å²) in [6.45, 7) is 4.07. The molecule has 0 unspecified atom stereocenters. The highest BCUT2D eigenvalue weighted by Gasteiger charge is 1.92. The van der Waals surface area contributed by atoms with Crippen LogP contribution in [0.5, 0.6) is 0 Å². The summed E-state index contributed by atoms with van der Waals surface area (Å²) >= 11 is 0. The summed E-state index contributed by atoms with van der Waals surface area (Å²) in [5, 5.41) is 3.52. The fourth-order valence-electron chi connectivity index (χ4n) is 1.97. The van der Waals surface area contributed by atoms with Crippen molar-refractivity contribution in [3.63, 3.8) is 0 Å². The highest BCUT2D eigenvalue weighted by Crippen LogP contribution is 2.02. The van der Waals surface area contributed by atoms with Crippen LogP contribution in [-0.4, -0.2) is 26.2 Å². The SMILES string of the molecule is Cl.Cl.Cl.NCCCCCCCNCCCCCCCN. The van der Waals surface area contributed by atoms with Crippen LogP contribution in [0.3, 0.4) is 0 Å². The zero-order chi connectivity index (χ0) is 12.6. The first-order valence-corrected chi connectivity index (χ1v) is 7.52. The van der Waals surface area contributed by atoms with Gasteiger partial charge in [0.05, 0.1) is 0 Å². The van der Waals surface area contributed by atoms with Gasteiger partial charge < -0.3 is 16.8 Å². The second kappa shape index (κ2) is 28.0. The Balaban J connectivity index is -0.000000427. The molecule has 0 rings (SSSR count). The van der Waals surface area contributed by atoms with Crippen molar-refractivity contribution >= 4 is 37.2 Å². The number of nitrogens with two attached hydrogens (primary N) is 2. The van der Waals surface area contributed by atoms with Gasteiger partial charge in [0.25, 0.3) is 0 Å². The molecule has 0 aromatic heterocycles. The molecule has 0 fully saturated rings. The monoisotopic (exact) mass is 351 g/mol. The normalized spacial score (nSPS) is 9.30. The van der Waals surface area contributed by atoms with Crippen LogP contribution in [0.2, 0.25) is 0 Å². The molecule has 0 saturated carbocycles. The van der Waals surface area contributed by atoms with Gasteiger partial charge in [0.1, 0.15) is 0 Å². The number of halogens is 3. The molecule has 0 aromatic carbocycles. The van der Waals surface area contributed by atoms with Crippen molar-refractivity contribution in [1.29, 1.82) is 0 Å². The minimum absolute atomic E-state index is 0. The summed E-state index contributed by atoms with van der Waals surface area (Å²) in [6, 6.07) is 0. The minimum atomic E-state index is 0. The van der Waals surface area contributed by atoms with Gasteiger partial charge in [-0.2, -0.15) is 0 Å². The Kier molecular flexibility index (Phi) is 40.4. The molecule has 0 aromatic rings. The Morgan fingerprint density at radius 1 is 0.450 bits per heavy atom. The molecule has 0 aliphatic rings. The largest absolute Gasteiger partial charge is 0.330 e. The van der Waals surface area contributed by atoms with E-state index in [0.29, 0.717) is 0 Å². The van der Waals surface area contributed by atoms with E-state index in [1.807, 2.05) is 0 Å². The standard InChI is InChI=1S/C14H33N3.3ClH/c15-11-7-3-1-5-9-13-17-14-10-6-2-4-8-12-16;;;/h17H,1-16H2;3*1H. The van der Waals surface area contributed by atoms with E-state index >= 15 is 0 Å². The topological polar surface area (TPSA) is 64.1 Å². The van der Waals surface area contributed by atoms with Crippen molar-refractivity contribution in [2.24, 2.45) is 11.5 Å². The number of hydrogen-bond donors (Lipinski definition) is 3. The van der Waals surface area contributed by atoms with Gasteiger partial charge in [-0.1, -0.05) is 38.5 Å². The molecule has 6 heteroatoms. The molecular weight excluding hydrogens is 317 g/mol. The molecule has 128 valence electrons. The van der Waals surface area contributed by atoms with Crippen molar-refractivity contribution in [1.82, 2.24) is 5.32 Å². The summed E-state index contributed by atoms with van der Waals surface area (Å²) < 4.78 is 0. The third kappa shape index (κ3) is 27.2. The third-order valence-electron chi connectivity index (χ3n) is 3.12. The minimum Gasteiger partial charge on any atom is -0.330 e. The van der Waals surface area contributed by atoms with Crippen LogP contribution in [-0.2, 0) is 0 Å². The van der Waals surface area contributed by atoms with Crippen molar-refractivity contribution in [3.8, 4) is 0 Å². The van der Waals surface area contributed by atoms with Crippen molar-refractivity contribution in [2.45, 2.75) is 64.2 Å². The predicted molar refractivity (Wildman–Crippen MR) is 98.9 cm³/mol. The van der Waals surface area contributed by atoms with Crippen LogP contribution >= 0.6 is 37.2 Å². The highest BCUT2D eigenvalue weighted by molar-refractivity contribution is 5.86. The van der Waals surface area contributed by atoms with Gasteiger partial charge in [-0.25, -0.2) is 0 Å².